The number of sulfonamides is 1. The molecule has 0 aromatic heterocycles. The largest absolute Gasteiger partial charge is 0.378 e. The van der Waals surface area contributed by atoms with E-state index in [1.54, 1.807) is 0 Å². The summed E-state index contributed by atoms with van der Waals surface area (Å²) in [5.74, 6) is 0.859. The fraction of sp³-hybridized carbons (Fsp3) is 1.00. The lowest BCUT2D eigenvalue weighted by atomic mass is 9.88. The molecule has 0 saturated heterocycles. The predicted molar refractivity (Wildman–Crippen MR) is 87.7 cm³/mol. The molecule has 5 heteroatoms. The van der Waals surface area contributed by atoms with E-state index in [1.165, 1.54) is 44.9 Å². The summed E-state index contributed by atoms with van der Waals surface area (Å²) in [6, 6.07) is 0. The molecule has 1 saturated carbocycles. The molecule has 0 amide bonds. The second kappa shape index (κ2) is 10.6. The van der Waals surface area contributed by atoms with E-state index in [0.717, 1.165) is 31.8 Å². The lowest BCUT2D eigenvalue weighted by Crippen LogP contribution is -2.25. The lowest BCUT2D eigenvalue weighted by molar-refractivity contribution is -0.00656. The molecule has 2 unspecified atom stereocenters. The summed E-state index contributed by atoms with van der Waals surface area (Å²) in [5, 5.41) is 4.96. The molecule has 0 spiro atoms. The van der Waals surface area contributed by atoms with Crippen LogP contribution in [0.3, 0.4) is 0 Å². The van der Waals surface area contributed by atoms with E-state index in [-0.39, 0.29) is 5.75 Å². The van der Waals surface area contributed by atoms with Crippen LogP contribution in [0.25, 0.3) is 0 Å². The Morgan fingerprint density at radius 3 is 2.14 bits per heavy atom. The van der Waals surface area contributed by atoms with Crippen molar-refractivity contribution in [3.05, 3.63) is 0 Å². The number of nitrogens with two attached hydrogens (primary N) is 1. The summed E-state index contributed by atoms with van der Waals surface area (Å²) in [5.41, 5.74) is 0. The molecule has 2 atom stereocenters. The van der Waals surface area contributed by atoms with E-state index in [0.29, 0.717) is 12.5 Å². The number of hydrogen-bond acceptors (Lipinski definition) is 3. The molecule has 2 N–H and O–H groups in total. The van der Waals surface area contributed by atoms with Crippen molar-refractivity contribution >= 4 is 10.0 Å². The van der Waals surface area contributed by atoms with Crippen molar-refractivity contribution in [2.45, 2.75) is 83.7 Å². The van der Waals surface area contributed by atoms with Crippen molar-refractivity contribution in [1.82, 2.24) is 0 Å². The second-order valence-electron chi connectivity index (χ2n) is 6.51. The van der Waals surface area contributed by atoms with Crippen LogP contribution < -0.4 is 5.14 Å². The van der Waals surface area contributed by atoms with Gasteiger partial charge < -0.3 is 4.74 Å². The van der Waals surface area contributed by atoms with Gasteiger partial charge in [-0.25, -0.2) is 13.6 Å². The smallest absolute Gasteiger partial charge is 0.209 e. The molecule has 0 bridgehead atoms. The Balaban J connectivity index is 1.84. The number of primary sulfonamides is 1. The van der Waals surface area contributed by atoms with Crippen molar-refractivity contribution in [3.63, 3.8) is 0 Å². The first-order valence-corrected chi connectivity index (χ1v) is 10.3. The third kappa shape index (κ3) is 10.3. The zero-order valence-electron chi connectivity index (χ0n) is 13.6. The average molecular weight is 320 g/mol. The molecule has 126 valence electrons. The van der Waals surface area contributed by atoms with Gasteiger partial charge in [0.2, 0.25) is 10.0 Å². The molecule has 1 aliphatic rings. The van der Waals surface area contributed by atoms with Crippen LogP contribution in [-0.4, -0.2) is 26.9 Å². The third-order valence-electron chi connectivity index (χ3n) is 4.44. The van der Waals surface area contributed by atoms with Crippen LogP contribution in [0.1, 0.15) is 77.6 Å². The zero-order valence-corrected chi connectivity index (χ0v) is 14.4. The number of rotatable bonds is 11. The van der Waals surface area contributed by atoms with E-state index in [2.05, 4.69) is 6.92 Å². The fourth-order valence-corrected chi connectivity index (χ4v) is 3.66. The molecule has 1 rings (SSSR count). The van der Waals surface area contributed by atoms with Crippen LogP contribution in [0.5, 0.6) is 0 Å². The van der Waals surface area contributed by atoms with Gasteiger partial charge in [-0.05, 0) is 31.6 Å². The first kappa shape index (κ1) is 18.9. The molecule has 0 radical (unpaired) electrons. The maximum Gasteiger partial charge on any atom is 0.209 e. The zero-order chi connectivity index (χ0) is 15.6. The maximum absolute atomic E-state index is 10.8. The first-order valence-electron chi connectivity index (χ1n) is 8.61. The van der Waals surface area contributed by atoms with E-state index in [4.69, 9.17) is 9.88 Å². The molecule has 1 aliphatic carbocycles. The fourth-order valence-electron chi connectivity index (χ4n) is 3.05. The van der Waals surface area contributed by atoms with E-state index < -0.39 is 10.0 Å². The van der Waals surface area contributed by atoms with Gasteiger partial charge in [-0.15, -0.1) is 0 Å². The van der Waals surface area contributed by atoms with Gasteiger partial charge in [-0.3, -0.25) is 0 Å². The Bertz CT molecular complexity index is 357. The monoisotopic (exact) mass is 319 g/mol. The highest BCUT2D eigenvalue weighted by Crippen LogP contribution is 2.26. The summed E-state index contributed by atoms with van der Waals surface area (Å²) in [6.07, 6.45) is 13.3. The van der Waals surface area contributed by atoms with Crippen LogP contribution in [0, 0.1) is 5.92 Å². The quantitative estimate of drug-likeness (QED) is 0.592. The van der Waals surface area contributed by atoms with Gasteiger partial charge in [0.25, 0.3) is 0 Å². The van der Waals surface area contributed by atoms with E-state index in [9.17, 15) is 8.42 Å². The minimum atomic E-state index is -3.26. The SMILES string of the molecule is CC1CCCCC1OCCCCCCCCCS(N)(=O)=O. The second-order valence-corrected chi connectivity index (χ2v) is 8.25. The Morgan fingerprint density at radius 2 is 1.52 bits per heavy atom. The van der Waals surface area contributed by atoms with Crippen LogP contribution in [0.2, 0.25) is 0 Å². The molecular formula is C16H33NO3S. The highest BCUT2D eigenvalue weighted by molar-refractivity contribution is 7.89. The predicted octanol–water partition coefficient (Wildman–Crippen LogP) is 3.60. The summed E-state index contributed by atoms with van der Waals surface area (Å²) >= 11 is 0. The Kier molecular flexibility index (Phi) is 9.52. The standard InChI is InChI=1S/C16H33NO3S/c1-15-11-7-8-12-16(15)20-13-9-5-3-2-4-6-10-14-21(17,18)19/h15-16H,2-14H2,1H3,(H2,17,18,19). The molecule has 0 aromatic rings. The summed E-state index contributed by atoms with van der Waals surface area (Å²) in [7, 11) is -3.26. The van der Waals surface area contributed by atoms with Gasteiger partial charge in [0, 0.05) is 6.61 Å². The average Bonchev–Trinajstić information content (AvgIpc) is 2.41. The maximum atomic E-state index is 10.8. The molecular weight excluding hydrogens is 286 g/mol. The lowest BCUT2D eigenvalue weighted by Gasteiger charge is -2.28. The third-order valence-corrected chi connectivity index (χ3v) is 5.30. The van der Waals surface area contributed by atoms with Gasteiger partial charge in [-0.1, -0.05) is 51.9 Å². The molecule has 0 heterocycles. The van der Waals surface area contributed by atoms with E-state index >= 15 is 0 Å². The Hall–Kier alpha value is -0.130. The van der Waals surface area contributed by atoms with Crippen molar-refractivity contribution < 1.29 is 13.2 Å². The highest BCUT2D eigenvalue weighted by Gasteiger charge is 2.21. The van der Waals surface area contributed by atoms with Crippen LogP contribution >= 0.6 is 0 Å². The molecule has 0 aliphatic heterocycles. The van der Waals surface area contributed by atoms with Gasteiger partial charge in [0.1, 0.15) is 0 Å². The van der Waals surface area contributed by atoms with Crippen LogP contribution in [0.4, 0.5) is 0 Å². The minimum Gasteiger partial charge on any atom is -0.378 e. The minimum absolute atomic E-state index is 0.125. The Morgan fingerprint density at radius 1 is 0.952 bits per heavy atom. The normalized spacial score (nSPS) is 23.3. The molecule has 21 heavy (non-hydrogen) atoms. The van der Waals surface area contributed by atoms with Crippen molar-refractivity contribution in [2.75, 3.05) is 12.4 Å². The van der Waals surface area contributed by atoms with Gasteiger partial charge in [0.15, 0.2) is 0 Å². The van der Waals surface area contributed by atoms with Crippen LogP contribution in [-0.2, 0) is 14.8 Å². The van der Waals surface area contributed by atoms with Gasteiger partial charge >= 0.3 is 0 Å². The first-order chi connectivity index (χ1) is 9.99. The molecule has 4 nitrogen and oxygen atoms in total. The number of hydrogen-bond donors (Lipinski definition) is 1. The van der Waals surface area contributed by atoms with Gasteiger partial charge in [0.05, 0.1) is 11.9 Å². The highest BCUT2D eigenvalue weighted by atomic mass is 32.2. The summed E-state index contributed by atoms with van der Waals surface area (Å²) in [6.45, 7) is 3.21. The summed E-state index contributed by atoms with van der Waals surface area (Å²) < 4.78 is 27.5. The van der Waals surface area contributed by atoms with Gasteiger partial charge in [-0.2, -0.15) is 0 Å². The molecule has 0 aromatic carbocycles. The van der Waals surface area contributed by atoms with Crippen LogP contribution in [0.15, 0.2) is 0 Å². The van der Waals surface area contributed by atoms with Crippen molar-refractivity contribution in [2.24, 2.45) is 11.1 Å². The molecule has 1 fully saturated rings. The summed E-state index contributed by atoms with van der Waals surface area (Å²) in [4.78, 5) is 0. The number of ether oxygens (including phenoxy) is 1. The van der Waals surface area contributed by atoms with Crippen molar-refractivity contribution in [3.8, 4) is 0 Å². The van der Waals surface area contributed by atoms with E-state index in [1.807, 2.05) is 0 Å². The Labute approximate surface area is 130 Å². The topological polar surface area (TPSA) is 69.4 Å². The number of unbranched alkanes of at least 4 members (excludes halogenated alkanes) is 6. The van der Waals surface area contributed by atoms with Crippen molar-refractivity contribution in [1.29, 1.82) is 0 Å².